The maximum atomic E-state index is 13.2. The van der Waals surface area contributed by atoms with Gasteiger partial charge in [-0.3, -0.25) is 0 Å². The predicted molar refractivity (Wildman–Crippen MR) is 74.6 cm³/mol. The molecular weight excluding hydrogens is 320 g/mol. The van der Waals surface area contributed by atoms with Gasteiger partial charge >= 0.3 is 12.4 Å². The molecule has 0 aliphatic heterocycles. The number of nitrogens with two attached hydrogens (primary N) is 1. The summed E-state index contributed by atoms with van der Waals surface area (Å²) in [4.78, 5) is 0. The van der Waals surface area contributed by atoms with Gasteiger partial charge in [-0.05, 0) is 47.9 Å². The zero-order valence-electron chi connectivity index (χ0n) is 11.8. The van der Waals surface area contributed by atoms with E-state index in [-0.39, 0.29) is 24.1 Å². The van der Waals surface area contributed by atoms with E-state index in [1.165, 1.54) is 12.1 Å². The van der Waals surface area contributed by atoms with Crippen molar-refractivity contribution in [2.24, 2.45) is 5.73 Å². The molecule has 0 aliphatic rings. The molecule has 23 heavy (non-hydrogen) atoms. The van der Waals surface area contributed by atoms with E-state index in [9.17, 15) is 26.3 Å². The summed E-state index contributed by atoms with van der Waals surface area (Å²) in [6.45, 7) is 0.205. The van der Waals surface area contributed by atoms with Crippen molar-refractivity contribution in [1.29, 1.82) is 0 Å². The normalized spacial score (nSPS) is 12.5. The van der Waals surface area contributed by atoms with Gasteiger partial charge in [0.1, 0.15) is 0 Å². The molecule has 0 fully saturated rings. The molecule has 7 heteroatoms. The third-order valence-electron chi connectivity index (χ3n) is 3.35. The lowest BCUT2D eigenvalue weighted by molar-refractivity contribution is -0.138. The second kappa shape index (κ2) is 6.23. The molecule has 124 valence electrons. The first kappa shape index (κ1) is 17.3. The summed E-state index contributed by atoms with van der Waals surface area (Å²) in [5, 5.41) is 0. The van der Waals surface area contributed by atoms with Crippen molar-refractivity contribution in [2.75, 3.05) is 6.54 Å². The molecule has 0 heterocycles. The lowest BCUT2D eigenvalue weighted by atomic mass is 9.95. The Bertz CT molecular complexity index is 670. The van der Waals surface area contributed by atoms with Crippen molar-refractivity contribution in [3.05, 3.63) is 59.2 Å². The Morgan fingerprint density at radius 3 is 1.87 bits per heavy atom. The van der Waals surface area contributed by atoms with Crippen LogP contribution in [0.4, 0.5) is 26.3 Å². The van der Waals surface area contributed by atoms with Crippen LogP contribution in [0.15, 0.2) is 42.5 Å². The molecule has 0 atom stereocenters. The lowest BCUT2D eigenvalue weighted by Gasteiger charge is -2.15. The molecule has 2 rings (SSSR count). The van der Waals surface area contributed by atoms with E-state index in [2.05, 4.69) is 0 Å². The fraction of sp³-hybridized carbons (Fsp3) is 0.250. The van der Waals surface area contributed by atoms with Crippen molar-refractivity contribution in [2.45, 2.75) is 18.8 Å². The smallest absolute Gasteiger partial charge is 0.330 e. The highest BCUT2D eigenvalue weighted by Crippen LogP contribution is 2.38. The van der Waals surface area contributed by atoms with E-state index >= 15 is 0 Å². The van der Waals surface area contributed by atoms with Gasteiger partial charge in [-0.1, -0.05) is 24.3 Å². The largest absolute Gasteiger partial charge is 0.417 e. The van der Waals surface area contributed by atoms with Gasteiger partial charge in [-0.2, -0.15) is 26.3 Å². The SMILES string of the molecule is NCCc1ccc(-c2ccc(C(F)(F)F)cc2)c(C(F)(F)F)c1. The van der Waals surface area contributed by atoms with Crippen LogP contribution in [0.5, 0.6) is 0 Å². The Morgan fingerprint density at radius 2 is 1.39 bits per heavy atom. The summed E-state index contributed by atoms with van der Waals surface area (Å²) >= 11 is 0. The van der Waals surface area contributed by atoms with Crippen LogP contribution in [-0.2, 0) is 18.8 Å². The average molecular weight is 333 g/mol. The van der Waals surface area contributed by atoms with Crippen LogP contribution in [0.2, 0.25) is 0 Å². The predicted octanol–water partition coefficient (Wildman–Crippen LogP) is 4.89. The molecule has 0 amide bonds. The van der Waals surface area contributed by atoms with E-state index in [1.807, 2.05) is 0 Å². The maximum Gasteiger partial charge on any atom is 0.417 e. The minimum absolute atomic E-state index is 0.0737. The van der Waals surface area contributed by atoms with Gasteiger partial charge in [0.05, 0.1) is 11.1 Å². The van der Waals surface area contributed by atoms with Crippen molar-refractivity contribution >= 4 is 0 Å². The minimum Gasteiger partial charge on any atom is -0.330 e. The van der Waals surface area contributed by atoms with Gasteiger partial charge in [0.25, 0.3) is 0 Å². The average Bonchev–Trinajstić information content (AvgIpc) is 2.46. The van der Waals surface area contributed by atoms with Gasteiger partial charge < -0.3 is 5.73 Å². The molecule has 0 spiro atoms. The highest BCUT2D eigenvalue weighted by Gasteiger charge is 2.34. The fourth-order valence-electron chi connectivity index (χ4n) is 2.24. The molecule has 0 aromatic heterocycles. The summed E-state index contributed by atoms with van der Waals surface area (Å²) in [6, 6.07) is 7.35. The molecule has 2 aromatic rings. The minimum atomic E-state index is -4.61. The van der Waals surface area contributed by atoms with Crippen LogP contribution >= 0.6 is 0 Å². The first-order valence-electron chi connectivity index (χ1n) is 6.71. The molecule has 0 aliphatic carbocycles. The van der Waals surface area contributed by atoms with E-state index in [1.54, 1.807) is 0 Å². The Kier molecular flexibility index (Phi) is 4.70. The zero-order valence-corrected chi connectivity index (χ0v) is 11.8. The van der Waals surface area contributed by atoms with Gasteiger partial charge in [-0.15, -0.1) is 0 Å². The van der Waals surface area contributed by atoms with Crippen molar-refractivity contribution < 1.29 is 26.3 Å². The summed E-state index contributed by atoms with van der Waals surface area (Å²) < 4.78 is 77.2. The van der Waals surface area contributed by atoms with E-state index in [0.717, 1.165) is 30.3 Å². The zero-order chi connectivity index (χ0) is 17.3. The van der Waals surface area contributed by atoms with Gasteiger partial charge in [0, 0.05) is 0 Å². The molecule has 2 N–H and O–H groups in total. The van der Waals surface area contributed by atoms with Crippen LogP contribution in [0, 0.1) is 0 Å². The van der Waals surface area contributed by atoms with Crippen LogP contribution in [0.25, 0.3) is 11.1 Å². The highest BCUT2D eigenvalue weighted by atomic mass is 19.4. The summed E-state index contributed by atoms with van der Waals surface area (Å²) in [7, 11) is 0. The Balaban J connectivity index is 2.50. The summed E-state index contributed by atoms with van der Waals surface area (Å²) in [5.74, 6) is 0. The quantitative estimate of drug-likeness (QED) is 0.795. The van der Waals surface area contributed by atoms with Crippen molar-refractivity contribution in [3.8, 4) is 11.1 Å². The molecule has 0 saturated carbocycles. The molecule has 0 radical (unpaired) electrons. The first-order valence-corrected chi connectivity index (χ1v) is 6.71. The summed E-state index contributed by atoms with van der Waals surface area (Å²) in [5.41, 5.74) is 3.88. The second-order valence-corrected chi connectivity index (χ2v) is 4.99. The molecule has 1 nitrogen and oxygen atoms in total. The van der Waals surface area contributed by atoms with Crippen LogP contribution in [0.1, 0.15) is 16.7 Å². The molecule has 0 bridgehead atoms. The number of rotatable bonds is 3. The van der Waals surface area contributed by atoms with Gasteiger partial charge in [0.2, 0.25) is 0 Å². The van der Waals surface area contributed by atoms with Gasteiger partial charge in [0.15, 0.2) is 0 Å². The van der Waals surface area contributed by atoms with E-state index in [4.69, 9.17) is 5.73 Å². The lowest BCUT2D eigenvalue weighted by Crippen LogP contribution is -2.10. The Hall–Kier alpha value is -2.02. The topological polar surface area (TPSA) is 26.0 Å². The monoisotopic (exact) mass is 333 g/mol. The second-order valence-electron chi connectivity index (χ2n) is 4.99. The van der Waals surface area contributed by atoms with Crippen LogP contribution in [0.3, 0.4) is 0 Å². The number of hydrogen-bond donors (Lipinski definition) is 1. The van der Waals surface area contributed by atoms with Gasteiger partial charge in [-0.25, -0.2) is 0 Å². The molecule has 0 unspecified atom stereocenters. The van der Waals surface area contributed by atoms with Crippen molar-refractivity contribution in [1.82, 2.24) is 0 Å². The Morgan fingerprint density at radius 1 is 0.783 bits per heavy atom. The van der Waals surface area contributed by atoms with Crippen LogP contribution in [-0.4, -0.2) is 6.54 Å². The number of benzene rings is 2. The number of halogens is 6. The third kappa shape index (κ3) is 4.04. The third-order valence-corrected chi connectivity index (χ3v) is 3.35. The van der Waals surface area contributed by atoms with Crippen LogP contribution < -0.4 is 5.73 Å². The van der Waals surface area contributed by atoms with Crippen molar-refractivity contribution in [3.63, 3.8) is 0 Å². The van der Waals surface area contributed by atoms with E-state index in [0.29, 0.717) is 5.56 Å². The highest BCUT2D eigenvalue weighted by molar-refractivity contribution is 5.69. The van der Waals surface area contributed by atoms with E-state index < -0.39 is 23.5 Å². The molecular formula is C16H13F6N. The fourth-order valence-corrected chi connectivity index (χ4v) is 2.24. The summed E-state index contributed by atoms with van der Waals surface area (Å²) in [6.07, 6.45) is -8.85. The maximum absolute atomic E-state index is 13.2. The first-order chi connectivity index (χ1) is 10.6. The Labute approximate surface area is 128 Å². The standard InChI is InChI=1S/C16H13F6N/c17-15(18,19)12-4-2-11(3-5-12)13-6-1-10(7-8-23)9-14(13)16(20,21)22/h1-6,9H,7-8,23H2. The molecule has 2 aromatic carbocycles. The molecule has 0 saturated heterocycles. The number of hydrogen-bond acceptors (Lipinski definition) is 1. The number of alkyl halides is 6.